The number of aliphatic hydroxyl groups excluding tert-OH is 1. The summed E-state index contributed by atoms with van der Waals surface area (Å²) in [6, 6.07) is 15.7. The summed E-state index contributed by atoms with van der Waals surface area (Å²) >= 11 is 2.24. The third-order valence-electron chi connectivity index (χ3n) is 2.99. The molecule has 3 nitrogen and oxygen atoms in total. The predicted molar refractivity (Wildman–Crippen MR) is 85.6 cm³/mol. The average molecular weight is 380 g/mol. The van der Waals surface area contributed by atoms with E-state index in [9.17, 15) is 0 Å². The number of hydrogen-bond donors (Lipinski definition) is 1. The zero-order valence-electron chi connectivity index (χ0n) is 10.7. The van der Waals surface area contributed by atoms with Crippen LogP contribution in [0.4, 0.5) is 0 Å². The number of aliphatic hydroxyl groups is 1. The highest BCUT2D eigenvalue weighted by atomic mass is 127. The largest absolute Gasteiger partial charge is 0.489 e. The molecule has 0 saturated heterocycles. The smallest absolute Gasteiger partial charge is 0.147 e. The summed E-state index contributed by atoms with van der Waals surface area (Å²) in [5, 5.41) is 10.1. The van der Waals surface area contributed by atoms with E-state index in [-0.39, 0.29) is 6.61 Å². The van der Waals surface area contributed by atoms with Crippen LogP contribution in [0.5, 0.6) is 5.75 Å². The van der Waals surface area contributed by atoms with Crippen LogP contribution in [0.25, 0.3) is 11.0 Å². The number of para-hydroxylation sites is 1. The Bertz CT molecular complexity index is 719. The molecule has 0 aliphatic carbocycles. The molecule has 1 heterocycles. The summed E-state index contributed by atoms with van der Waals surface area (Å²) in [4.78, 5) is 0. The van der Waals surface area contributed by atoms with E-state index in [2.05, 4.69) is 22.6 Å². The highest BCUT2D eigenvalue weighted by Gasteiger charge is 2.09. The number of halogens is 1. The normalized spacial score (nSPS) is 10.9. The van der Waals surface area contributed by atoms with Crippen LogP contribution in [0.1, 0.15) is 11.3 Å². The van der Waals surface area contributed by atoms with Gasteiger partial charge in [0.15, 0.2) is 0 Å². The standard InChI is InChI=1S/C16H13IO3/c17-15-7-11(10-19-13-4-2-1-3-5-13)6-12-8-14(9-18)20-16(12)15/h1-8,18H,9-10H2. The van der Waals surface area contributed by atoms with E-state index in [1.54, 1.807) is 0 Å². The maximum absolute atomic E-state index is 9.13. The molecule has 0 amide bonds. The SMILES string of the molecule is OCc1cc2cc(COc3ccccc3)cc(I)c2o1. The number of fused-ring (bicyclic) bond motifs is 1. The molecule has 3 rings (SSSR count). The van der Waals surface area contributed by atoms with Crippen molar-refractivity contribution in [1.82, 2.24) is 0 Å². The Hall–Kier alpha value is -1.53. The minimum absolute atomic E-state index is 0.0827. The fraction of sp³-hybridized carbons (Fsp3) is 0.125. The van der Waals surface area contributed by atoms with Crippen LogP contribution < -0.4 is 4.74 Å². The Kier molecular flexibility index (Phi) is 3.93. The molecule has 0 fully saturated rings. The van der Waals surface area contributed by atoms with Gasteiger partial charge in [-0.25, -0.2) is 0 Å². The Morgan fingerprint density at radius 2 is 1.90 bits per heavy atom. The lowest BCUT2D eigenvalue weighted by Gasteiger charge is -2.06. The zero-order chi connectivity index (χ0) is 13.9. The third kappa shape index (κ3) is 2.81. The molecule has 0 unspecified atom stereocenters. The summed E-state index contributed by atoms with van der Waals surface area (Å²) < 4.78 is 12.3. The van der Waals surface area contributed by atoms with E-state index < -0.39 is 0 Å². The maximum atomic E-state index is 9.13. The van der Waals surface area contributed by atoms with Crippen LogP contribution in [0.15, 0.2) is 52.9 Å². The number of benzene rings is 2. The monoisotopic (exact) mass is 380 g/mol. The van der Waals surface area contributed by atoms with Gasteiger partial charge in [-0.2, -0.15) is 0 Å². The molecule has 102 valence electrons. The molecular weight excluding hydrogens is 367 g/mol. The first kappa shape index (κ1) is 13.5. The van der Waals surface area contributed by atoms with Crippen molar-refractivity contribution >= 4 is 33.6 Å². The molecule has 4 heteroatoms. The molecular formula is C16H13IO3. The second-order valence-electron chi connectivity index (χ2n) is 4.47. The van der Waals surface area contributed by atoms with Gasteiger partial charge in [0.25, 0.3) is 0 Å². The van der Waals surface area contributed by atoms with Gasteiger partial charge in [0.05, 0.1) is 3.57 Å². The lowest BCUT2D eigenvalue weighted by molar-refractivity contribution is 0.251. The Morgan fingerprint density at radius 1 is 1.10 bits per heavy atom. The van der Waals surface area contributed by atoms with E-state index in [4.69, 9.17) is 14.3 Å². The van der Waals surface area contributed by atoms with Crippen molar-refractivity contribution in [3.8, 4) is 5.75 Å². The van der Waals surface area contributed by atoms with Crippen molar-refractivity contribution in [2.45, 2.75) is 13.2 Å². The van der Waals surface area contributed by atoms with E-state index >= 15 is 0 Å². The lowest BCUT2D eigenvalue weighted by atomic mass is 10.1. The van der Waals surface area contributed by atoms with Gasteiger partial charge in [-0.05, 0) is 58.5 Å². The Morgan fingerprint density at radius 3 is 2.65 bits per heavy atom. The van der Waals surface area contributed by atoms with E-state index in [0.29, 0.717) is 12.4 Å². The van der Waals surface area contributed by atoms with E-state index in [0.717, 1.165) is 25.9 Å². The van der Waals surface area contributed by atoms with Crippen LogP contribution in [-0.4, -0.2) is 5.11 Å². The summed E-state index contributed by atoms with van der Waals surface area (Å²) in [6.45, 7) is 0.427. The number of hydrogen-bond acceptors (Lipinski definition) is 3. The van der Waals surface area contributed by atoms with Gasteiger partial charge in [-0.3, -0.25) is 0 Å². The molecule has 3 aromatic rings. The summed E-state index contributed by atoms with van der Waals surface area (Å²) in [6.07, 6.45) is 0. The average Bonchev–Trinajstić information content (AvgIpc) is 2.90. The fourth-order valence-corrected chi connectivity index (χ4v) is 2.89. The van der Waals surface area contributed by atoms with Gasteiger partial charge in [-0.15, -0.1) is 0 Å². The van der Waals surface area contributed by atoms with Crippen molar-refractivity contribution in [2.75, 3.05) is 0 Å². The minimum atomic E-state index is -0.0827. The topological polar surface area (TPSA) is 42.6 Å². The molecule has 0 spiro atoms. The molecule has 1 aromatic heterocycles. The highest BCUT2D eigenvalue weighted by molar-refractivity contribution is 14.1. The number of furan rings is 1. The van der Waals surface area contributed by atoms with Crippen molar-refractivity contribution in [2.24, 2.45) is 0 Å². The molecule has 0 saturated carbocycles. The highest BCUT2D eigenvalue weighted by Crippen LogP contribution is 2.27. The minimum Gasteiger partial charge on any atom is -0.489 e. The Balaban J connectivity index is 1.85. The first-order valence-electron chi connectivity index (χ1n) is 6.26. The lowest BCUT2D eigenvalue weighted by Crippen LogP contribution is -1.95. The van der Waals surface area contributed by atoms with Crippen LogP contribution in [-0.2, 0) is 13.2 Å². The van der Waals surface area contributed by atoms with Crippen LogP contribution in [0.2, 0.25) is 0 Å². The predicted octanol–water partition coefficient (Wildman–Crippen LogP) is 4.11. The van der Waals surface area contributed by atoms with Gasteiger partial charge < -0.3 is 14.3 Å². The maximum Gasteiger partial charge on any atom is 0.147 e. The second-order valence-corrected chi connectivity index (χ2v) is 5.63. The van der Waals surface area contributed by atoms with Gasteiger partial charge in [0.2, 0.25) is 0 Å². The molecule has 2 aromatic carbocycles. The van der Waals surface area contributed by atoms with Gasteiger partial charge in [0.1, 0.15) is 30.3 Å². The van der Waals surface area contributed by atoms with Gasteiger partial charge in [0, 0.05) is 5.39 Å². The molecule has 0 aliphatic heterocycles. The summed E-state index contributed by atoms with van der Waals surface area (Å²) in [5.74, 6) is 1.44. The van der Waals surface area contributed by atoms with Crippen LogP contribution in [0, 0.1) is 3.57 Å². The molecule has 0 bridgehead atoms. The second kappa shape index (κ2) is 5.85. The number of ether oxygens (including phenoxy) is 1. The van der Waals surface area contributed by atoms with Crippen molar-refractivity contribution in [3.05, 3.63) is 63.4 Å². The van der Waals surface area contributed by atoms with Gasteiger partial charge in [-0.1, -0.05) is 18.2 Å². The molecule has 0 aliphatic rings. The zero-order valence-corrected chi connectivity index (χ0v) is 12.8. The summed E-state index contributed by atoms with van der Waals surface area (Å²) in [5.41, 5.74) is 1.90. The van der Waals surface area contributed by atoms with Gasteiger partial charge >= 0.3 is 0 Å². The van der Waals surface area contributed by atoms with E-state index in [1.807, 2.05) is 48.5 Å². The first-order chi connectivity index (χ1) is 9.76. The fourth-order valence-electron chi connectivity index (χ4n) is 2.07. The van der Waals surface area contributed by atoms with E-state index in [1.165, 1.54) is 0 Å². The third-order valence-corrected chi connectivity index (χ3v) is 3.79. The number of rotatable bonds is 4. The first-order valence-corrected chi connectivity index (χ1v) is 7.33. The van der Waals surface area contributed by atoms with Crippen LogP contribution >= 0.6 is 22.6 Å². The molecule has 0 radical (unpaired) electrons. The van der Waals surface area contributed by atoms with Crippen molar-refractivity contribution in [3.63, 3.8) is 0 Å². The van der Waals surface area contributed by atoms with Crippen molar-refractivity contribution < 1.29 is 14.3 Å². The quantitative estimate of drug-likeness (QED) is 0.693. The van der Waals surface area contributed by atoms with Crippen molar-refractivity contribution in [1.29, 1.82) is 0 Å². The van der Waals surface area contributed by atoms with Crippen LogP contribution in [0.3, 0.4) is 0 Å². The molecule has 1 N–H and O–H groups in total. The molecule has 0 atom stereocenters. The Labute approximate surface area is 130 Å². The molecule has 20 heavy (non-hydrogen) atoms. The summed E-state index contributed by atoms with van der Waals surface area (Å²) in [7, 11) is 0.